The van der Waals surface area contributed by atoms with Crippen molar-refractivity contribution in [3.05, 3.63) is 36.4 Å². The van der Waals surface area contributed by atoms with E-state index in [4.69, 9.17) is 9.68 Å². The Hall–Kier alpha value is -2.41. The Labute approximate surface area is 84.8 Å². The maximum Gasteiger partial charge on any atom is 0.183 e. The molecular weight excluding hydrogens is 190 g/mol. The molecule has 70 valence electrons. The molecule has 3 aromatic rings. The van der Waals surface area contributed by atoms with Crippen LogP contribution in [0.25, 0.3) is 21.9 Å². The van der Waals surface area contributed by atoms with Crippen LogP contribution in [0.5, 0.6) is 0 Å². The quantitative estimate of drug-likeness (QED) is 0.551. The normalized spacial score (nSPS) is 10.6. The van der Waals surface area contributed by atoms with Crippen LogP contribution in [0.15, 0.2) is 35.1 Å². The Morgan fingerprint density at radius 1 is 1.20 bits per heavy atom. The van der Waals surface area contributed by atoms with Crippen molar-refractivity contribution < 1.29 is 4.42 Å². The minimum absolute atomic E-state index is 0.309. The van der Waals surface area contributed by atoms with Gasteiger partial charge in [-0.3, -0.25) is 4.98 Å². The lowest BCUT2D eigenvalue weighted by Gasteiger charge is -1.88. The van der Waals surface area contributed by atoms with Gasteiger partial charge in [0, 0.05) is 29.4 Å². The largest absolute Gasteiger partial charge is 0.453 e. The molecule has 3 aromatic heterocycles. The van der Waals surface area contributed by atoms with Crippen molar-refractivity contribution in [3.63, 3.8) is 0 Å². The predicted octanol–water partition coefficient (Wildman–Crippen LogP) is 2.25. The lowest BCUT2D eigenvalue weighted by molar-refractivity contribution is 0.665. The molecule has 0 amide bonds. The molecule has 0 saturated carbocycles. The average Bonchev–Trinajstić information content (AvgIpc) is 2.67. The second-order valence-corrected chi connectivity index (χ2v) is 3.12. The third-order valence-electron chi connectivity index (χ3n) is 2.29. The molecule has 0 aliphatic carbocycles. The summed E-state index contributed by atoms with van der Waals surface area (Å²) < 4.78 is 5.55. The van der Waals surface area contributed by atoms with Crippen LogP contribution in [0.3, 0.4) is 0 Å². The number of aromatic nitrogens is 2. The van der Waals surface area contributed by atoms with Crippen LogP contribution < -0.4 is 0 Å². The first-order chi connectivity index (χ1) is 7.40. The molecule has 3 rings (SSSR count). The van der Waals surface area contributed by atoms with Crippen LogP contribution in [0.4, 0.5) is 0 Å². The molecule has 0 aromatic carbocycles. The number of fused-ring (bicyclic) bond motifs is 3. The molecule has 0 unspecified atom stereocenters. The first-order valence-corrected chi connectivity index (χ1v) is 4.41. The molecule has 0 aliphatic heterocycles. The van der Waals surface area contributed by atoms with Gasteiger partial charge >= 0.3 is 0 Å². The number of nitrogens with zero attached hydrogens (tertiary/aromatic N) is 3. The van der Waals surface area contributed by atoms with Crippen molar-refractivity contribution in [2.45, 2.75) is 0 Å². The van der Waals surface area contributed by atoms with Gasteiger partial charge in [0.2, 0.25) is 0 Å². The number of hydrogen-bond donors (Lipinski definition) is 0. The number of pyridine rings is 2. The van der Waals surface area contributed by atoms with E-state index in [-0.39, 0.29) is 0 Å². The lowest BCUT2D eigenvalue weighted by Crippen LogP contribution is -1.80. The van der Waals surface area contributed by atoms with E-state index in [1.807, 2.05) is 12.1 Å². The second-order valence-electron chi connectivity index (χ2n) is 3.12. The summed E-state index contributed by atoms with van der Waals surface area (Å²) in [4.78, 5) is 7.97. The highest BCUT2D eigenvalue weighted by Gasteiger charge is 2.10. The molecule has 0 bridgehead atoms. The first kappa shape index (κ1) is 7.94. The monoisotopic (exact) mass is 195 g/mol. The van der Waals surface area contributed by atoms with Crippen LogP contribution in [0, 0.1) is 11.3 Å². The predicted molar refractivity (Wildman–Crippen MR) is 54.0 cm³/mol. The van der Waals surface area contributed by atoms with Crippen LogP contribution in [0.1, 0.15) is 5.69 Å². The minimum Gasteiger partial charge on any atom is -0.453 e. The lowest BCUT2D eigenvalue weighted by atomic mass is 10.2. The Balaban J connectivity index is 2.61. The highest BCUT2D eigenvalue weighted by Crippen LogP contribution is 2.28. The fraction of sp³-hybridized carbons (Fsp3) is 0. The van der Waals surface area contributed by atoms with Crippen LogP contribution in [-0.2, 0) is 0 Å². The summed E-state index contributed by atoms with van der Waals surface area (Å²) >= 11 is 0. The topological polar surface area (TPSA) is 62.7 Å². The third-order valence-corrected chi connectivity index (χ3v) is 2.29. The van der Waals surface area contributed by atoms with Crippen molar-refractivity contribution in [2.24, 2.45) is 0 Å². The molecule has 4 heteroatoms. The van der Waals surface area contributed by atoms with Gasteiger partial charge < -0.3 is 4.42 Å². The van der Waals surface area contributed by atoms with E-state index in [1.165, 1.54) is 0 Å². The summed E-state index contributed by atoms with van der Waals surface area (Å²) in [5, 5.41) is 10.7. The molecule has 15 heavy (non-hydrogen) atoms. The van der Waals surface area contributed by atoms with E-state index >= 15 is 0 Å². The Bertz CT molecular complexity index is 694. The maximum atomic E-state index is 8.87. The molecular formula is C11H5N3O. The van der Waals surface area contributed by atoms with Gasteiger partial charge in [-0.05, 0) is 12.1 Å². The van der Waals surface area contributed by atoms with Gasteiger partial charge in [-0.25, -0.2) is 4.98 Å². The number of furan rings is 1. The van der Waals surface area contributed by atoms with E-state index in [2.05, 4.69) is 9.97 Å². The van der Waals surface area contributed by atoms with Crippen molar-refractivity contribution in [3.8, 4) is 6.07 Å². The van der Waals surface area contributed by atoms with Crippen LogP contribution in [-0.4, -0.2) is 9.97 Å². The maximum absolute atomic E-state index is 8.87. The molecule has 3 heterocycles. The van der Waals surface area contributed by atoms with Crippen molar-refractivity contribution in [1.82, 2.24) is 9.97 Å². The van der Waals surface area contributed by atoms with Gasteiger partial charge in [-0.15, -0.1) is 0 Å². The number of hydrogen-bond acceptors (Lipinski definition) is 4. The van der Waals surface area contributed by atoms with Gasteiger partial charge in [0.15, 0.2) is 11.3 Å². The Morgan fingerprint density at radius 3 is 3.00 bits per heavy atom. The molecule has 0 saturated heterocycles. The fourth-order valence-electron chi connectivity index (χ4n) is 1.63. The van der Waals surface area contributed by atoms with Crippen molar-refractivity contribution in [1.29, 1.82) is 5.26 Å². The average molecular weight is 195 g/mol. The van der Waals surface area contributed by atoms with E-state index < -0.39 is 0 Å². The second kappa shape index (κ2) is 2.79. The minimum atomic E-state index is 0.309. The highest BCUT2D eigenvalue weighted by atomic mass is 16.3. The Morgan fingerprint density at radius 2 is 2.13 bits per heavy atom. The number of nitriles is 1. The molecule has 0 atom stereocenters. The van der Waals surface area contributed by atoms with Crippen LogP contribution in [0.2, 0.25) is 0 Å². The van der Waals surface area contributed by atoms with Gasteiger partial charge in [0.25, 0.3) is 0 Å². The van der Waals surface area contributed by atoms with Gasteiger partial charge in [0.1, 0.15) is 11.7 Å². The summed E-state index contributed by atoms with van der Waals surface area (Å²) in [7, 11) is 0. The van der Waals surface area contributed by atoms with Gasteiger partial charge in [-0.1, -0.05) is 0 Å². The third kappa shape index (κ3) is 1.00. The zero-order valence-electron chi connectivity index (χ0n) is 7.64. The van der Waals surface area contributed by atoms with E-state index in [9.17, 15) is 0 Å². The number of rotatable bonds is 0. The highest BCUT2D eigenvalue weighted by molar-refractivity contribution is 6.05. The summed E-state index contributed by atoms with van der Waals surface area (Å²) in [6, 6.07) is 5.60. The first-order valence-electron chi connectivity index (χ1n) is 4.41. The zero-order chi connectivity index (χ0) is 10.3. The summed E-state index contributed by atoms with van der Waals surface area (Å²) in [5.41, 5.74) is 1.57. The molecule has 0 radical (unpaired) electrons. The van der Waals surface area contributed by atoms with Gasteiger partial charge in [-0.2, -0.15) is 5.26 Å². The molecule has 0 N–H and O–H groups in total. The Kier molecular flexibility index (Phi) is 1.48. The summed E-state index contributed by atoms with van der Waals surface area (Å²) in [6.07, 6.45) is 4.98. The van der Waals surface area contributed by atoms with E-state index in [1.54, 1.807) is 24.7 Å². The molecule has 0 aliphatic rings. The SMILES string of the molecule is N#Cc1nccc2c1oc1ccncc12. The van der Waals surface area contributed by atoms with E-state index in [0.717, 1.165) is 16.4 Å². The standard InChI is InChI=1S/C11H5N3O/c12-5-9-11-7(1-4-14-9)8-6-13-3-2-10(8)15-11/h1-4,6H. The summed E-state index contributed by atoms with van der Waals surface area (Å²) in [5.74, 6) is 0. The molecule has 4 nitrogen and oxygen atoms in total. The van der Waals surface area contributed by atoms with Crippen molar-refractivity contribution in [2.75, 3.05) is 0 Å². The fourth-order valence-corrected chi connectivity index (χ4v) is 1.63. The van der Waals surface area contributed by atoms with Gasteiger partial charge in [0.05, 0.1) is 0 Å². The van der Waals surface area contributed by atoms with Crippen LogP contribution >= 0.6 is 0 Å². The smallest absolute Gasteiger partial charge is 0.183 e. The molecule has 0 fully saturated rings. The van der Waals surface area contributed by atoms with Crippen molar-refractivity contribution >= 4 is 21.9 Å². The van der Waals surface area contributed by atoms with E-state index in [0.29, 0.717) is 11.3 Å². The zero-order valence-corrected chi connectivity index (χ0v) is 7.64. The summed E-state index contributed by atoms with van der Waals surface area (Å²) in [6.45, 7) is 0. The molecule has 0 spiro atoms.